The number of nitrogens with zero attached hydrogens (tertiary/aromatic N) is 3. The smallest absolute Gasteiger partial charge is 0.271 e. The van der Waals surface area contributed by atoms with Crippen molar-refractivity contribution in [3.8, 4) is 11.8 Å². The van der Waals surface area contributed by atoms with E-state index in [-0.39, 0.29) is 34.7 Å². The fourth-order valence-corrected chi connectivity index (χ4v) is 5.04. The number of aromatic hydroxyl groups is 1. The molecule has 0 bridgehead atoms. The van der Waals surface area contributed by atoms with E-state index in [0.717, 1.165) is 47.6 Å². The van der Waals surface area contributed by atoms with Gasteiger partial charge in [0.1, 0.15) is 5.75 Å². The van der Waals surface area contributed by atoms with E-state index >= 15 is 0 Å². The lowest BCUT2D eigenvalue weighted by atomic mass is 9.93. The molecule has 0 saturated heterocycles. The summed E-state index contributed by atoms with van der Waals surface area (Å²) in [7, 11) is 0. The number of phenols is 1. The molecule has 4 rings (SSSR count). The Morgan fingerprint density at radius 3 is 2.59 bits per heavy atom. The van der Waals surface area contributed by atoms with E-state index in [1.165, 1.54) is 24.6 Å². The van der Waals surface area contributed by atoms with Gasteiger partial charge in [-0.05, 0) is 47.4 Å². The number of hydrazone groups is 1. The highest BCUT2D eigenvalue weighted by Gasteiger charge is 2.25. The van der Waals surface area contributed by atoms with E-state index in [9.17, 15) is 14.7 Å². The maximum atomic E-state index is 13.4. The summed E-state index contributed by atoms with van der Waals surface area (Å²) >= 11 is 5.88. The van der Waals surface area contributed by atoms with Gasteiger partial charge in [0, 0.05) is 23.7 Å². The standard InChI is InChI=1S/C29H29ClN4O3/c30-26-17-21(13-14-27(26)35)29(37)33-32-19-22-12-11-20(24-9-4-5-10-25(22)24)18-28(36)34(16-6-15-31)23-7-2-1-3-8-23/h4-5,9-14,17,19,23,35H,1-3,6-8,16,18H2,(H,33,37). The molecule has 7 nitrogen and oxygen atoms in total. The molecule has 1 fully saturated rings. The maximum absolute atomic E-state index is 13.4. The van der Waals surface area contributed by atoms with Crippen molar-refractivity contribution < 1.29 is 14.7 Å². The molecule has 0 aliphatic heterocycles. The lowest BCUT2D eigenvalue weighted by Crippen LogP contribution is -2.42. The predicted molar refractivity (Wildman–Crippen MR) is 145 cm³/mol. The molecule has 0 spiro atoms. The van der Waals surface area contributed by atoms with E-state index < -0.39 is 5.91 Å². The lowest BCUT2D eigenvalue weighted by Gasteiger charge is -2.34. The number of carbonyl (C=O) groups excluding carboxylic acids is 2. The van der Waals surface area contributed by atoms with Crippen LogP contribution in [-0.2, 0) is 11.2 Å². The molecule has 0 atom stereocenters. The largest absolute Gasteiger partial charge is 0.506 e. The zero-order valence-corrected chi connectivity index (χ0v) is 21.2. The number of hydrogen-bond donors (Lipinski definition) is 2. The zero-order chi connectivity index (χ0) is 26.2. The number of carbonyl (C=O) groups is 2. The molecule has 2 N–H and O–H groups in total. The van der Waals surface area contributed by atoms with Gasteiger partial charge in [0.15, 0.2) is 0 Å². The Hall–Kier alpha value is -3.89. The van der Waals surface area contributed by atoms with E-state index in [0.29, 0.717) is 13.0 Å². The van der Waals surface area contributed by atoms with Gasteiger partial charge in [-0.3, -0.25) is 9.59 Å². The average Bonchev–Trinajstić information content (AvgIpc) is 2.92. The van der Waals surface area contributed by atoms with Crippen LogP contribution in [0.5, 0.6) is 5.75 Å². The SMILES string of the molecule is N#CCCN(C(=O)Cc1ccc(C=NNC(=O)c2ccc(O)c(Cl)c2)c2ccccc12)C1CCCCC1. The number of phenolic OH excluding ortho intramolecular Hbond substituents is 1. The molecule has 3 aromatic carbocycles. The van der Waals surface area contributed by atoms with Gasteiger partial charge in [0.25, 0.3) is 5.91 Å². The van der Waals surface area contributed by atoms with Gasteiger partial charge in [-0.2, -0.15) is 10.4 Å². The number of rotatable bonds is 8. The molecular weight excluding hydrogens is 488 g/mol. The van der Waals surface area contributed by atoms with Crippen molar-refractivity contribution >= 4 is 40.4 Å². The summed E-state index contributed by atoms with van der Waals surface area (Å²) in [6.45, 7) is 0.467. The highest BCUT2D eigenvalue weighted by molar-refractivity contribution is 6.32. The van der Waals surface area contributed by atoms with E-state index in [1.54, 1.807) is 6.21 Å². The van der Waals surface area contributed by atoms with E-state index in [2.05, 4.69) is 16.6 Å². The van der Waals surface area contributed by atoms with Gasteiger partial charge in [0.05, 0.1) is 30.1 Å². The average molecular weight is 517 g/mol. The fraction of sp³-hybridized carbons (Fsp3) is 0.310. The topological polar surface area (TPSA) is 106 Å². The molecule has 1 saturated carbocycles. The number of amides is 2. The van der Waals surface area contributed by atoms with Crippen LogP contribution in [0.2, 0.25) is 5.02 Å². The minimum absolute atomic E-state index is 0.0496. The van der Waals surface area contributed by atoms with Crippen molar-refractivity contribution in [2.45, 2.75) is 51.0 Å². The molecule has 0 aromatic heterocycles. The molecule has 0 radical (unpaired) electrons. The number of hydrogen-bond acceptors (Lipinski definition) is 5. The van der Waals surface area contributed by atoms with Crippen LogP contribution in [0.1, 0.15) is 60.0 Å². The first kappa shape index (κ1) is 26.2. The van der Waals surface area contributed by atoms with Gasteiger partial charge < -0.3 is 10.0 Å². The fourth-order valence-electron chi connectivity index (χ4n) is 4.86. The molecule has 2 amide bonds. The van der Waals surface area contributed by atoms with Crippen molar-refractivity contribution in [3.05, 3.63) is 76.3 Å². The van der Waals surface area contributed by atoms with Gasteiger partial charge >= 0.3 is 0 Å². The van der Waals surface area contributed by atoms with Gasteiger partial charge in [-0.15, -0.1) is 0 Å². The Bertz CT molecular complexity index is 1360. The van der Waals surface area contributed by atoms with Crippen LogP contribution in [0, 0.1) is 11.3 Å². The number of halogens is 1. The third-order valence-corrected chi connectivity index (χ3v) is 7.07. The number of nitrogens with one attached hydrogen (secondary N) is 1. The molecule has 1 aliphatic carbocycles. The van der Waals surface area contributed by atoms with Crippen molar-refractivity contribution in [1.29, 1.82) is 5.26 Å². The molecule has 0 heterocycles. The molecular formula is C29H29ClN4O3. The van der Waals surface area contributed by atoms with Crippen LogP contribution in [0.25, 0.3) is 10.8 Å². The summed E-state index contributed by atoms with van der Waals surface area (Å²) < 4.78 is 0. The van der Waals surface area contributed by atoms with Crippen LogP contribution in [0.4, 0.5) is 0 Å². The molecule has 3 aromatic rings. The number of fused-ring (bicyclic) bond motifs is 1. The molecule has 1 aliphatic rings. The van der Waals surface area contributed by atoms with Crippen molar-refractivity contribution in [2.24, 2.45) is 5.10 Å². The minimum Gasteiger partial charge on any atom is -0.506 e. The molecule has 8 heteroatoms. The van der Waals surface area contributed by atoms with Gasteiger partial charge in [-0.25, -0.2) is 5.43 Å². The molecule has 0 unspecified atom stereocenters. The Balaban J connectivity index is 1.51. The first-order chi connectivity index (χ1) is 18.0. The minimum atomic E-state index is -0.454. The van der Waals surface area contributed by atoms with Crippen molar-refractivity contribution in [3.63, 3.8) is 0 Å². The first-order valence-electron chi connectivity index (χ1n) is 12.5. The second kappa shape index (κ2) is 12.4. The Labute approximate surface area is 221 Å². The van der Waals surface area contributed by atoms with Crippen LogP contribution in [0.15, 0.2) is 59.7 Å². The quantitative estimate of drug-likeness (QED) is 0.301. The second-order valence-corrected chi connectivity index (χ2v) is 9.60. The van der Waals surface area contributed by atoms with E-state index in [1.807, 2.05) is 41.3 Å². The third-order valence-electron chi connectivity index (χ3n) is 6.77. The monoisotopic (exact) mass is 516 g/mol. The highest BCUT2D eigenvalue weighted by Crippen LogP contribution is 2.27. The Morgan fingerprint density at radius 2 is 1.86 bits per heavy atom. The summed E-state index contributed by atoms with van der Waals surface area (Å²) in [4.78, 5) is 27.7. The van der Waals surface area contributed by atoms with Crippen LogP contribution in [0.3, 0.4) is 0 Å². The van der Waals surface area contributed by atoms with Gasteiger partial charge in [0.2, 0.25) is 5.91 Å². The van der Waals surface area contributed by atoms with Gasteiger partial charge in [-0.1, -0.05) is 67.3 Å². The van der Waals surface area contributed by atoms with Crippen molar-refractivity contribution in [2.75, 3.05) is 6.54 Å². The summed E-state index contributed by atoms with van der Waals surface area (Å²) in [6.07, 6.45) is 7.59. The molecule has 37 heavy (non-hydrogen) atoms. The summed E-state index contributed by atoms with van der Waals surface area (Å²) in [5.41, 5.74) is 4.47. The van der Waals surface area contributed by atoms with Crippen LogP contribution in [-0.4, -0.2) is 40.6 Å². The van der Waals surface area contributed by atoms with Crippen molar-refractivity contribution in [1.82, 2.24) is 10.3 Å². The number of benzene rings is 3. The summed E-state index contributed by atoms with van der Waals surface area (Å²) in [5, 5.41) is 24.7. The maximum Gasteiger partial charge on any atom is 0.271 e. The van der Waals surface area contributed by atoms with Crippen LogP contribution >= 0.6 is 11.6 Å². The second-order valence-electron chi connectivity index (χ2n) is 9.19. The Morgan fingerprint density at radius 1 is 1.11 bits per heavy atom. The Kier molecular flexibility index (Phi) is 8.76. The van der Waals surface area contributed by atoms with Crippen LogP contribution < -0.4 is 5.43 Å². The summed E-state index contributed by atoms with van der Waals surface area (Å²) in [6, 6.07) is 18.2. The predicted octanol–water partition coefficient (Wildman–Crippen LogP) is 5.58. The lowest BCUT2D eigenvalue weighted by molar-refractivity contribution is -0.133. The summed E-state index contributed by atoms with van der Waals surface area (Å²) in [5.74, 6) is -0.503. The van der Waals surface area contributed by atoms with E-state index in [4.69, 9.17) is 16.9 Å². The molecule has 190 valence electrons. The first-order valence-corrected chi connectivity index (χ1v) is 12.8. The number of nitriles is 1. The highest BCUT2D eigenvalue weighted by atomic mass is 35.5. The normalized spacial score (nSPS) is 13.9. The zero-order valence-electron chi connectivity index (χ0n) is 20.5. The third kappa shape index (κ3) is 6.46.